The molecular formula is C20H19N3O2. The van der Waals surface area contributed by atoms with Crippen molar-refractivity contribution in [2.24, 2.45) is 0 Å². The first-order chi connectivity index (χ1) is 12.3. The van der Waals surface area contributed by atoms with E-state index < -0.39 is 5.79 Å². The van der Waals surface area contributed by atoms with Crippen LogP contribution in [0.1, 0.15) is 11.1 Å². The lowest BCUT2D eigenvalue weighted by Gasteiger charge is -2.30. The van der Waals surface area contributed by atoms with Gasteiger partial charge < -0.3 is 20.5 Å². The number of pyridine rings is 1. The van der Waals surface area contributed by atoms with E-state index in [1.807, 2.05) is 60.7 Å². The van der Waals surface area contributed by atoms with Gasteiger partial charge in [-0.3, -0.25) is 0 Å². The first-order valence-electron chi connectivity index (χ1n) is 8.20. The molecule has 126 valence electrons. The summed E-state index contributed by atoms with van der Waals surface area (Å²) in [6, 6.07) is 21.5. The van der Waals surface area contributed by atoms with Gasteiger partial charge in [0.2, 0.25) is 5.79 Å². The summed E-state index contributed by atoms with van der Waals surface area (Å²) in [5, 5.41) is 3.32. The van der Waals surface area contributed by atoms with Crippen molar-refractivity contribution in [2.75, 3.05) is 24.3 Å². The number of hydrogen-bond acceptors (Lipinski definition) is 5. The second-order valence-corrected chi connectivity index (χ2v) is 5.79. The Labute approximate surface area is 146 Å². The zero-order valence-corrected chi connectivity index (χ0v) is 13.7. The molecule has 0 unspecified atom stereocenters. The molecule has 0 radical (unpaired) electrons. The van der Waals surface area contributed by atoms with Crippen LogP contribution in [0.15, 0.2) is 72.9 Å². The van der Waals surface area contributed by atoms with E-state index in [1.165, 1.54) is 0 Å². The minimum absolute atomic E-state index is 0.537. The maximum absolute atomic E-state index is 6.11. The Bertz CT molecular complexity index is 862. The number of ether oxygens (including phenoxy) is 2. The van der Waals surface area contributed by atoms with Crippen LogP contribution in [-0.4, -0.2) is 18.2 Å². The Hall–Kier alpha value is -2.89. The fourth-order valence-corrected chi connectivity index (χ4v) is 3.08. The standard InChI is InChI=1S/C20H19N3O2/c21-17-10-6-12-22-19(17)23-18-11-5-4-9-16(18)20(24-13-14-25-20)15-7-2-1-3-8-15/h1-12H,13-14,21H2,(H,22,23). The molecule has 0 bridgehead atoms. The van der Waals surface area contributed by atoms with Gasteiger partial charge >= 0.3 is 0 Å². The van der Waals surface area contributed by atoms with Gasteiger partial charge in [-0.25, -0.2) is 4.98 Å². The topological polar surface area (TPSA) is 69.4 Å². The Morgan fingerprint density at radius 2 is 1.60 bits per heavy atom. The van der Waals surface area contributed by atoms with Crippen molar-refractivity contribution in [1.82, 2.24) is 4.98 Å². The Kier molecular flexibility index (Phi) is 4.09. The highest BCUT2D eigenvalue weighted by molar-refractivity contribution is 5.71. The third-order valence-electron chi connectivity index (χ3n) is 4.22. The number of nitrogen functional groups attached to an aromatic ring is 1. The lowest BCUT2D eigenvalue weighted by Crippen LogP contribution is -2.29. The molecule has 0 amide bonds. The second-order valence-electron chi connectivity index (χ2n) is 5.79. The molecule has 3 aromatic rings. The number of para-hydroxylation sites is 1. The molecule has 25 heavy (non-hydrogen) atoms. The van der Waals surface area contributed by atoms with Crippen LogP contribution in [0, 0.1) is 0 Å². The number of aromatic nitrogens is 1. The van der Waals surface area contributed by atoms with Crippen molar-refractivity contribution in [3.63, 3.8) is 0 Å². The molecule has 0 saturated carbocycles. The Morgan fingerprint density at radius 1 is 0.880 bits per heavy atom. The summed E-state index contributed by atoms with van der Waals surface area (Å²) in [6.07, 6.45) is 1.71. The zero-order chi connectivity index (χ0) is 17.1. The molecule has 1 aromatic heterocycles. The summed E-state index contributed by atoms with van der Waals surface area (Å²) in [7, 11) is 0. The van der Waals surface area contributed by atoms with Gasteiger partial charge in [0.05, 0.1) is 18.9 Å². The third-order valence-corrected chi connectivity index (χ3v) is 4.22. The van der Waals surface area contributed by atoms with E-state index >= 15 is 0 Å². The molecule has 4 rings (SSSR count). The van der Waals surface area contributed by atoms with Crippen LogP contribution < -0.4 is 11.1 Å². The first-order valence-corrected chi connectivity index (χ1v) is 8.20. The third kappa shape index (κ3) is 2.84. The largest absolute Gasteiger partial charge is 0.396 e. The summed E-state index contributed by atoms with van der Waals surface area (Å²) in [4.78, 5) is 4.32. The van der Waals surface area contributed by atoms with E-state index in [9.17, 15) is 0 Å². The van der Waals surface area contributed by atoms with Gasteiger partial charge in [-0.1, -0.05) is 48.5 Å². The maximum atomic E-state index is 6.11. The van der Waals surface area contributed by atoms with Crippen molar-refractivity contribution < 1.29 is 9.47 Å². The molecule has 5 nitrogen and oxygen atoms in total. The van der Waals surface area contributed by atoms with Crippen molar-refractivity contribution in [3.05, 3.63) is 84.1 Å². The number of nitrogens with one attached hydrogen (secondary N) is 1. The quantitative estimate of drug-likeness (QED) is 0.762. The predicted octanol–water partition coefficient (Wildman–Crippen LogP) is 3.66. The minimum Gasteiger partial charge on any atom is -0.396 e. The van der Waals surface area contributed by atoms with Crippen LogP contribution in [0.5, 0.6) is 0 Å². The molecule has 0 aliphatic carbocycles. The van der Waals surface area contributed by atoms with Gasteiger partial charge in [0, 0.05) is 23.0 Å². The summed E-state index contributed by atoms with van der Waals surface area (Å²) in [5.41, 5.74) is 9.30. The Balaban J connectivity index is 1.81. The highest BCUT2D eigenvalue weighted by Gasteiger charge is 2.42. The van der Waals surface area contributed by atoms with Crippen LogP contribution in [0.3, 0.4) is 0 Å². The number of nitrogens with zero attached hydrogens (tertiary/aromatic N) is 1. The first kappa shape index (κ1) is 15.6. The normalized spacial score (nSPS) is 15.8. The SMILES string of the molecule is Nc1cccnc1Nc1ccccc1C1(c2ccccc2)OCCO1. The van der Waals surface area contributed by atoms with Gasteiger partial charge in [0.25, 0.3) is 0 Å². The van der Waals surface area contributed by atoms with E-state index in [4.69, 9.17) is 15.2 Å². The molecule has 0 atom stereocenters. The summed E-state index contributed by atoms with van der Waals surface area (Å²) in [6.45, 7) is 1.07. The second kappa shape index (κ2) is 6.55. The van der Waals surface area contributed by atoms with Crippen molar-refractivity contribution in [3.8, 4) is 0 Å². The minimum atomic E-state index is -0.936. The van der Waals surface area contributed by atoms with Gasteiger partial charge in [0.15, 0.2) is 5.82 Å². The number of benzene rings is 2. The number of hydrogen-bond donors (Lipinski definition) is 2. The predicted molar refractivity (Wildman–Crippen MR) is 97.5 cm³/mol. The molecule has 1 fully saturated rings. The average molecular weight is 333 g/mol. The van der Waals surface area contributed by atoms with Gasteiger partial charge in [0.1, 0.15) is 0 Å². The molecule has 1 aliphatic rings. The molecule has 0 spiro atoms. The van der Waals surface area contributed by atoms with Crippen molar-refractivity contribution in [2.45, 2.75) is 5.79 Å². The van der Waals surface area contributed by atoms with Crippen LogP contribution in [0.2, 0.25) is 0 Å². The van der Waals surface area contributed by atoms with Crippen LogP contribution in [0.4, 0.5) is 17.2 Å². The molecule has 1 aliphatic heterocycles. The number of anilines is 3. The van der Waals surface area contributed by atoms with E-state index in [1.54, 1.807) is 12.3 Å². The Morgan fingerprint density at radius 3 is 2.36 bits per heavy atom. The van der Waals surface area contributed by atoms with Crippen LogP contribution >= 0.6 is 0 Å². The van der Waals surface area contributed by atoms with Crippen LogP contribution in [-0.2, 0) is 15.3 Å². The molecular weight excluding hydrogens is 314 g/mol. The molecule has 2 heterocycles. The summed E-state index contributed by atoms with van der Waals surface area (Å²) < 4.78 is 12.2. The molecule has 2 aromatic carbocycles. The van der Waals surface area contributed by atoms with Crippen molar-refractivity contribution in [1.29, 1.82) is 0 Å². The van der Waals surface area contributed by atoms with E-state index in [0.29, 0.717) is 24.7 Å². The molecule has 5 heteroatoms. The average Bonchev–Trinajstić information content (AvgIpc) is 3.16. The zero-order valence-electron chi connectivity index (χ0n) is 13.7. The van der Waals surface area contributed by atoms with Crippen molar-refractivity contribution >= 4 is 17.2 Å². The summed E-state index contributed by atoms with van der Waals surface area (Å²) >= 11 is 0. The lowest BCUT2D eigenvalue weighted by molar-refractivity contribution is -0.129. The highest BCUT2D eigenvalue weighted by Crippen LogP contribution is 2.42. The number of nitrogens with two attached hydrogens (primary N) is 1. The highest BCUT2D eigenvalue weighted by atomic mass is 16.7. The van der Waals surface area contributed by atoms with E-state index in [-0.39, 0.29) is 0 Å². The lowest BCUT2D eigenvalue weighted by atomic mass is 9.95. The fourth-order valence-electron chi connectivity index (χ4n) is 3.08. The van der Waals surface area contributed by atoms with Gasteiger partial charge in [-0.15, -0.1) is 0 Å². The maximum Gasteiger partial charge on any atom is 0.224 e. The smallest absolute Gasteiger partial charge is 0.224 e. The molecule has 1 saturated heterocycles. The summed E-state index contributed by atoms with van der Waals surface area (Å²) in [5.74, 6) is -0.329. The van der Waals surface area contributed by atoms with E-state index in [2.05, 4.69) is 10.3 Å². The molecule has 3 N–H and O–H groups in total. The fraction of sp³-hybridized carbons (Fsp3) is 0.150. The van der Waals surface area contributed by atoms with E-state index in [0.717, 1.165) is 16.8 Å². The van der Waals surface area contributed by atoms with Crippen LogP contribution in [0.25, 0.3) is 0 Å². The van der Waals surface area contributed by atoms with Gasteiger partial charge in [-0.05, 0) is 18.2 Å². The monoisotopic (exact) mass is 333 g/mol. The van der Waals surface area contributed by atoms with Gasteiger partial charge in [-0.2, -0.15) is 0 Å². The number of rotatable bonds is 4.